The standard InChI is InChI=1S/C16H21FN4O3.C15H19FN4O4.CH4/c1-11(22)19-4-6-20(7-5-19)15-3-2-12(8-14(15)17)21-10-13(9-18)24-16(21)23;16-12-7-10(20-9-11(8-17)24-15(20)23)1-2-13(12)18-3-5-19(6-4-18)14(21)22;/h2-3,8,13H,4-7,9-10,18H2,1H3;1-2,7,11H,3-6,8-9,17H2,(H,21,22);1H4/t13-;11-;/m00./s1. The average molecular weight is 691 g/mol. The molecule has 0 aromatic heterocycles. The van der Waals surface area contributed by atoms with E-state index in [1.54, 1.807) is 34.1 Å². The predicted octanol–water partition coefficient (Wildman–Crippen LogP) is 2.32. The lowest BCUT2D eigenvalue weighted by atomic mass is 10.2. The average Bonchev–Trinajstić information content (AvgIpc) is 3.66. The lowest BCUT2D eigenvalue weighted by Crippen LogP contribution is -2.48. The van der Waals surface area contributed by atoms with Crippen molar-refractivity contribution in [3.05, 3.63) is 48.0 Å². The summed E-state index contributed by atoms with van der Waals surface area (Å²) in [6.45, 7) is 6.42. The Morgan fingerprint density at radius 1 is 0.735 bits per heavy atom. The first kappa shape index (κ1) is 36.9. The first-order chi connectivity index (χ1) is 23.0. The summed E-state index contributed by atoms with van der Waals surface area (Å²) in [5.74, 6) is -0.819. The molecule has 0 unspecified atom stereocenters. The van der Waals surface area contributed by atoms with Crippen LogP contribution in [0.15, 0.2) is 36.4 Å². The van der Waals surface area contributed by atoms with Crippen LogP contribution >= 0.6 is 0 Å². The highest BCUT2D eigenvalue weighted by Crippen LogP contribution is 2.30. The molecule has 17 heteroatoms. The molecule has 4 heterocycles. The topological polar surface area (TPSA) is 178 Å². The van der Waals surface area contributed by atoms with Crippen molar-refractivity contribution >= 4 is 46.9 Å². The van der Waals surface area contributed by atoms with E-state index in [0.29, 0.717) is 88.2 Å². The van der Waals surface area contributed by atoms with Gasteiger partial charge in [0.05, 0.1) is 35.8 Å². The smallest absolute Gasteiger partial charge is 0.414 e. The molecular weight excluding hydrogens is 646 g/mol. The van der Waals surface area contributed by atoms with E-state index in [9.17, 15) is 28.0 Å². The van der Waals surface area contributed by atoms with Crippen LogP contribution in [0.5, 0.6) is 0 Å². The summed E-state index contributed by atoms with van der Waals surface area (Å²) in [5.41, 5.74) is 12.7. The summed E-state index contributed by atoms with van der Waals surface area (Å²) < 4.78 is 39.2. The number of hydrogen-bond acceptors (Lipinski definition) is 10. The van der Waals surface area contributed by atoms with Gasteiger partial charge in [-0.05, 0) is 36.4 Å². The van der Waals surface area contributed by atoms with E-state index in [4.69, 9.17) is 26.0 Å². The van der Waals surface area contributed by atoms with Crippen molar-refractivity contribution in [2.75, 3.05) is 98.1 Å². The van der Waals surface area contributed by atoms with Crippen LogP contribution in [0.2, 0.25) is 0 Å². The lowest BCUT2D eigenvalue weighted by Gasteiger charge is -2.35. The van der Waals surface area contributed by atoms with Crippen molar-refractivity contribution in [3.63, 3.8) is 0 Å². The molecule has 2 atom stereocenters. The molecule has 4 saturated heterocycles. The second-order valence-electron chi connectivity index (χ2n) is 11.7. The first-order valence-corrected chi connectivity index (χ1v) is 15.7. The number of nitrogens with two attached hydrogens (primary N) is 2. The van der Waals surface area contributed by atoms with Gasteiger partial charge in [-0.15, -0.1) is 0 Å². The summed E-state index contributed by atoms with van der Waals surface area (Å²) >= 11 is 0. The fraction of sp³-hybridized carbons (Fsp3) is 0.500. The molecule has 2 aromatic carbocycles. The van der Waals surface area contributed by atoms with Gasteiger partial charge in [-0.2, -0.15) is 0 Å². The van der Waals surface area contributed by atoms with E-state index < -0.39 is 29.9 Å². The number of ether oxygens (including phenoxy) is 2. The molecule has 0 spiro atoms. The number of nitrogens with zero attached hydrogens (tertiary/aromatic N) is 6. The van der Waals surface area contributed by atoms with Gasteiger partial charge in [0.25, 0.3) is 0 Å². The fourth-order valence-electron chi connectivity index (χ4n) is 5.95. The van der Waals surface area contributed by atoms with Crippen molar-refractivity contribution < 1.29 is 42.5 Å². The quantitative estimate of drug-likeness (QED) is 0.405. The molecule has 0 saturated carbocycles. The maximum Gasteiger partial charge on any atom is 0.414 e. The number of piperazine rings is 2. The summed E-state index contributed by atoms with van der Waals surface area (Å²) in [4.78, 5) is 55.4. The Hall–Kier alpha value is -4.90. The molecule has 6 rings (SSSR count). The van der Waals surface area contributed by atoms with Gasteiger partial charge in [-0.3, -0.25) is 14.6 Å². The van der Waals surface area contributed by atoms with Gasteiger partial charge in [0.15, 0.2) is 0 Å². The third-order valence-corrected chi connectivity index (χ3v) is 8.72. The number of hydrogen-bond donors (Lipinski definition) is 3. The highest BCUT2D eigenvalue weighted by molar-refractivity contribution is 5.90. The van der Waals surface area contributed by atoms with Gasteiger partial charge in [0.1, 0.15) is 23.8 Å². The summed E-state index contributed by atoms with van der Waals surface area (Å²) in [6, 6.07) is 9.26. The summed E-state index contributed by atoms with van der Waals surface area (Å²) in [5, 5.41) is 8.95. The third-order valence-electron chi connectivity index (χ3n) is 8.72. The summed E-state index contributed by atoms with van der Waals surface area (Å²) in [6.07, 6.45) is -2.75. The van der Waals surface area contributed by atoms with Crippen LogP contribution in [0, 0.1) is 11.6 Å². The van der Waals surface area contributed by atoms with Gasteiger partial charge >= 0.3 is 18.3 Å². The Morgan fingerprint density at radius 2 is 1.12 bits per heavy atom. The SMILES string of the molecule is C.CC(=O)N1CCN(c2ccc(N3C[C@H](CN)OC3=O)cc2F)CC1.NC[C@H]1CN(c2ccc(N3CCN(C(=O)O)CC3)c(F)c2)C(=O)O1. The van der Waals surface area contributed by atoms with E-state index in [1.807, 2.05) is 4.90 Å². The van der Waals surface area contributed by atoms with Gasteiger partial charge < -0.3 is 45.6 Å². The van der Waals surface area contributed by atoms with Crippen LogP contribution < -0.4 is 31.1 Å². The molecule has 15 nitrogen and oxygen atoms in total. The van der Waals surface area contributed by atoms with Crippen LogP contribution in [-0.2, 0) is 14.3 Å². The van der Waals surface area contributed by atoms with Crippen molar-refractivity contribution in [1.29, 1.82) is 0 Å². The zero-order valence-corrected chi connectivity index (χ0v) is 26.6. The van der Waals surface area contributed by atoms with Crippen LogP contribution in [-0.4, -0.2) is 130 Å². The molecular formula is C32H44F2N8O7. The molecule has 4 fully saturated rings. The molecule has 4 aliphatic rings. The van der Waals surface area contributed by atoms with E-state index in [-0.39, 0.29) is 38.6 Å². The number of rotatable bonds is 6. The molecule has 0 bridgehead atoms. The van der Waals surface area contributed by atoms with E-state index in [2.05, 4.69) is 0 Å². The molecule has 268 valence electrons. The van der Waals surface area contributed by atoms with Crippen molar-refractivity contribution in [3.8, 4) is 0 Å². The number of carbonyl (C=O) groups is 4. The first-order valence-electron chi connectivity index (χ1n) is 15.7. The van der Waals surface area contributed by atoms with Crippen molar-refractivity contribution in [2.24, 2.45) is 11.5 Å². The minimum atomic E-state index is -0.965. The van der Waals surface area contributed by atoms with Gasteiger partial charge in [-0.1, -0.05) is 7.43 Å². The minimum absolute atomic E-state index is 0. The van der Waals surface area contributed by atoms with Gasteiger partial charge in [0.2, 0.25) is 5.91 Å². The second kappa shape index (κ2) is 16.0. The number of carbonyl (C=O) groups excluding carboxylic acids is 3. The Kier molecular flexibility index (Phi) is 12.1. The van der Waals surface area contributed by atoms with Crippen LogP contribution in [0.25, 0.3) is 0 Å². The number of cyclic esters (lactones) is 2. The van der Waals surface area contributed by atoms with Crippen LogP contribution in [0.3, 0.4) is 0 Å². The zero-order chi connectivity index (χ0) is 34.5. The predicted molar refractivity (Wildman–Crippen MR) is 179 cm³/mol. The van der Waals surface area contributed by atoms with Crippen molar-refractivity contribution in [1.82, 2.24) is 9.80 Å². The molecule has 0 radical (unpaired) electrons. The highest BCUT2D eigenvalue weighted by atomic mass is 19.1. The lowest BCUT2D eigenvalue weighted by molar-refractivity contribution is -0.129. The number of anilines is 4. The van der Waals surface area contributed by atoms with Crippen LogP contribution in [0.1, 0.15) is 14.4 Å². The zero-order valence-electron chi connectivity index (χ0n) is 26.6. The molecule has 49 heavy (non-hydrogen) atoms. The fourth-order valence-corrected chi connectivity index (χ4v) is 5.95. The Morgan fingerprint density at radius 3 is 1.43 bits per heavy atom. The van der Waals surface area contributed by atoms with E-state index in [1.165, 1.54) is 33.8 Å². The Bertz CT molecular complexity index is 1410. The molecule has 4 amide bonds. The molecule has 0 aliphatic carbocycles. The largest absolute Gasteiger partial charge is 0.465 e. The van der Waals surface area contributed by atoms with E-state index >= 15 is 0 Å². The van der Waals surface area contributed by atoms with Gasteiger partial charge in [0, 0.05) is 72.4 Å². The number of benzene rings is 2. The monoisotopic (exact) mass is 690 g/mol. The number of carboxylic acid groups (broad SMARTS) is 1. The Labute approximate surface area is 283 Å². The molecule has 2 aromatic rings. The maximum absolute atomic E-state index is 14.5. The third kappa shape index (κ3) is 8.40. The molecule has 4 aliphatic heterocycles. The van der Waals surface area contributed by atoms with E-state index in [0.717, 1.165) is 0 Å². The second-order valence-corrected chi connectivity index (χ2v) is 11.7. The highest BCUT2D eigenvalue weighted by Gasteiger charge is 2.33. The van der Waals surface area contributed by atoms with Crippen LogP contribution in [0.4, 0.5) is 45.9 Å². The Balaban J connectivity index is 0.000000216. The number of amides is 4. The number of halogens is 2. The normalized spacial score (nSPS) is 20.8. The van der Waals surface area contributed by atoms with Gasteiger partial charge in [-0.25, -0.2) is 23.2 Å². The minimum Gasteiger partial charge on any atom is -0.465 e. The maximum atomic E-state index is 14.5. The van der Waals surface area contributed by atoms with Crippen molar-refractivity contribution in [2.45, 2.75) is 26.6 Å². The summed E-state index contributed by atoms with van der Waals surface area (Å²) in [7, 11) is 0. The molecule has 5 N–H and O–H groups in total.